The number of nitrogens with one attached hydrogen (secondary N) is 2. The van der Waals surface area contributed by atoms with Gasteiger partial charge in [-0.3, -0.25) is 20.2 Å². The molecule has 0 atom stereocenters. The Morgan fingerprint density at radius 2 is 2.00 bits per heavy atom. The lowest BCUT2D eigenvalue weighted by Gasteiger charge is -2.13. The standard InChI is InChI=1S/C19H19F3N6O3/c1-30-15-10-13(2-4-14(15)31-11-19(20,21)22)3-7-18(29)27-25-16-5-6-17(26-24-16)28-9-8-23-12-28/h2,4-6,8-10,12H,3,7,11H2,1H3,(H,24,25)(H,27,29). The molecular formula is C19H19F3N6O3. The minimum absolute atomic E-state index is 0.0209. The first-order valence-electron chi connectivity index (χ1n) is 9.07. The molecule has 12 heteroatoms. The Labute approximate surface area is 175 Å². The smallest absolute Gasteiger partial charge is 0.422 e. The number of halogens is 3. The van der Waals surface area contributed by atoms with Gasteiger partial charge in [0.15, 0.2) is 29.7 Å². The number of hydrogen-bond donors (Lipinski definition) is 2. The van der Waals surface area contributed by atoms with Crippen LogP contribution < -0.4 is 20.3 Å². The molecule has 0 fully saturated rings. The number of methoxy groups -OCH3 is 1. The first kappa shape index (κ1) is 21.9. The Balaban J connectivity index is 1.48. The van der Waals surface area contributed by atoms with E-state index < -0.39 is 12.8 Å². The van der Waals surface area contributed by atoms with Crippen LogP contribution in [0.5, 0.6) is 11.5 Å². The average Bonchev–Trinajstić information content (AvgIpc) is 3.29. The van der Waals surface area contributed by atoms with E-state index in [2.05, 4.69) is 26.0 Å². The molecule has 164 valence electrons. The van der Waals surface area contributed by atoms with Crippen LogP contribution in [0.1, 0.15) is 12.0 Å². The lowest BCUT2D eigenvalue weighted by molar-refractivity contribution is -0.153. The molecule has 0 saturated heterocycles. The van der Waals surface area contributed by atoms with Crippen molar-refractivity contribution in [3.63, 3.8) is 0 Å². The van der Waals surface area contributed by atoms with E-state index in [-0.39, 0.29) is 23.8 Å². The van der Waals surface area contributed by atoms with Crippen LogP contribution >= 0.6 is 0 Å². The predicted octanol–water partition coefficient (Wildman–Crippen LogP) is 2.69. The van der Waals surface area contributed by atoms with Gasteiger partial charge in [0.25, 0.3) is 0 Å². The molecule has 0 aliphatic heterocycles. The van der Waals surface area contributed by atoms with E-state index in [1.54, 1.807) is 41.5 Å². The molecule has 0 aliphatic rings. The summed E-state index contributed by atoms with van der Waals surface area (Å²) in [6.07, 6.45) is 0.950. The van der Waals surface area contributed by atoms with E-state index >= 15 is 0 Å². The van der Waals surface area contributed by atoms with Crippen LogP contribution in [0.25, 0.3) is 5.82 Å². The number of amides is 1. The normalized spacial score (nSPS) is 11.1. The number of aromatic nitrogens is 4. The monoisotopic (exact) mass is 436 g/mol. The van der Waals surface area contributed by atoms with E-state index in [0.29, 0.717) is 23.6 Å². The zero-order valence-electron chi connectivity index (χ0n) is 16.4. The first-order chi connectivity index (χ1) is 14.8. The van der Waals surface area contributed by atoms with Crippen LogP contribution in [0.3, 0.4) is 0 Å². The van der Waals surface area contributed by atoms with Gasteiger partial charge in [0.1, 0.15) is 6.33 Å². The number of rotatable bonds is 9. The highest BCUT2D eigenvalue weighted by Gasteiger charge is 2.29. The predicted molar refractivity (Wildman–Crippen MR) is 104 cm³/mol. The quantitative estimate of drug-likeness (QED) is 0.497. The van der Waals surface area contributed by atoms with Gasteiger partial charge in [-0.2, -0.15) is 13.2 Å². The molecule has 9 nitrogen and oxygen atoms in total. The van der Waals surface area contributed by atoms with Crippen molar-refractivity contribution in [3.05, 3.63) is 54.6 Å². The number of hydrazine groups is 1. The fraction of sp³-hybridized carbons (Fsp3) is 0.263. The summed E-state index contributed by atoms with van der Waals surface area (Å²) in [5, 5.41) is 7.97. The van der Waals surface area contributed by atoms with Gasteiger partial charge in [0, 0.05) is 18.8 Å². The largest absolute Gasteiger partial charge is 0.493 e. The van der Waals surface area contributed by atoms with Crippen LogP contribution in [0, 0.1) is 0 Å². The van der Waals surface area contributed by atoms with Gasteiger partial charge in [-0.05, 0) is 36.2 Å². The van der Waals surface area contributed by atoms with Gasteiger partial charge in [-0.15, -0.1) is 10.2 Å². The number of hydrogen-bond acceptors (Lipinski definition) is 7. The van der Waals surface area contributed by atoms with Crippen molar-refractivity contribution < 1.29 is 27.4 Å². The molecule has 3 aromatic rings. The summed E-state index contributed by atoms with van der Waals surface area (Å²) in [6.45, 7) is -1.41. The molecule has 3 rings (SSSR count). The highest BCUT2D eigenvalue weighted by Crippen LogP contribution is 2.30. The summed E-state index contributed by atoms with van der Waals surface area (Å²) in [7, 11) is 1.33. The highest BCUT2D eigenvalue weighted by molar-refractivity contribution is 5.77. The Bertz CT molecular complexity index is 994. The maximum atomic E-state index is 12.3. The van der Waals surface area contributed by atoms with E-state index in [1.165, 1.54) is 19.2 Å². The van der Waals surface area contributed by atoms with Gasteiger partial charge in [0.2, 0.25) is 5.91 Å². The van der Waals surface area contributed by atoms with Crippen LogP contribution in [0.4, 0.5) is 19.0 Å². The minimum Gasteiger partial charge on any atom is -0.493 e. The summed E-state index contributed by atoms with van der Waals surface area (Å²) in [6, 6.07) is 7.85. The van der Waals surface area contributed by atoms with Crippen molar-refractivity contribution in [2.45, 2.75) is 19.0 Å². The van der Waals surface area contributed by atoms with E-state index in [1.807, 2.05) is 0 Å². The van der Waals surface area contributed by atoms with Gasteiger partial charge in [-0.1, -0.05) is 6.07 Å². The molecule has 0 unspecified atom stereocenters. The summed E-state index contributed by atoms with van der Waals surface area (Å²) in [4.78, 5) is 16.0. The molecular weight excluding hydrogens is 417 g/mol. The fourth-order valence-electron chi connectivity index (χ4n) is 2.52. The molecule has 1 aromatic carbocycles. The highest BCUT2D eigenvalue weighted by atomic mass is 19.4. The second-order valence-electron chi connectivity index (χ2n) is 6.31. The summed E-state index contributed by atoms with van der Waals surface area (Å²) in [5.74, 6) is 0.758. The number of carbonyl (C=O) groups excluding carboxylic acids is 1. The first-order valence-corrected chi connectivity index (χ1v) is 9.07. The third-order valence-electron chi connectivity index (χ3n) is 4.01. The molecule has 0 spiro atoms. The summed E-state index contributed by atoms with van der Waals surface area (Å²) in [5.41, 5.74) is 5.88. The fourth-order valence-corrected chi connectivity index (χ4v) is 2.52. The lowest BCUT2D eigenvalue weighted by atomic mass is 10.1. The van der Waals surface area contributed by atoms with Crippen LogP contribution in [-0.4, -0.2) is 45.5 Å². The van der Waals surface area contributed by atoms with Crippen molar-refractivity contribution in [1.82, 2.24) is 25.2 Å². The van der Waals surface area contributed by atoms with Crippen molar-refractivity contribution in [1.29, 1.82) is 0 Å². The molecule has 2 N–H and O–H groups in total. The Morgan fingerprint density at radius 3 is 2.65 bits per heavy atom. The second kappa shape index (κ2) is 9.78. The minimum atomic E-state index is -4.45. The van der Waals surface area contributed by atoms with E-state index in [0.717, 1.165) is 0 Å². The topological polar surface area (TPSA) is 103 Å². The molecule has 1 amide bonds. The average molecular weight is 436 g/mol. The molecule has 31 heavy (non-hydrogen) atoms. The molecule has 0 radical (unpaired) electrons. The van der Waals surface area contributed by atoms with Crippen LogP contribution in [-0.2, 0) is 11.2 Å². The van der Waals surface area contributed by atoms with Gasteiger partial charge in [-0.25, -0.2) is 4.98 Å². The number of alkyl halides is 3. The number of anilines is 1. The lowest BCUT2D eigenvalue weighted by Crippen LogP contribution is -2.30. The zero-order chi connectivity index (χ0) is 22.3. The van der Waals surface area contributed by atoms with Crippen molar-refractivity contribution in [2.75, 3.05) is 19.1 Å². The van der Waals surface area contributed by atoms with Crippen molar-refractivity contribution in [2.24, 2.45) is 0 Å². The van der Waals surface area contributed by atoms with E-state index in [9.17, 15) is 18.0 Å². The molecule has 2 aromatic heterocycles. The number of aryl methyl sites for hydroxylation is 1. The van der Waals surface area contributed by atoms with Gasteiger partial charge >= 0.3 is 6.18 Å². The third-order valence-corrected chi connectivity index (χ3v) is 4.01. The van der Waals surface area contributed by atoms with Crippen molar-refractivity contribution >= 4 is 11.7 Å². The van der Waals surface area contributed by atoms with Crippen LogP contribution in [0.2, 0.25) is 0 Å². The molecule has 0 saturated carbocycles. The second-order valence-corrected chi connectivity index (χ2v) is 6.31. The molecule has 0 bridgehead atoms. The number of imidazole rings is 1. The number of benzene rings is 1. The molecule has 2 heterocycles. The Morgan fingerprint density at radius 1 is 1.16 bits per heavy atom. The third kappa shape index (κ3) is 6.59. The Hall–Kier alpha value is -3.83. The van der Waals surface area contributed by atoms with Crippen molar-refractivity contribution in [3.8, 4) is 17.3 Å². The van der Waals surface area contributed by atoms with Gasteiger partial charge < -0.3 is 9.47 Å². The van der Waals surface area contributed by atoms with E-state index in [4.69, 9.17) is 9.47 Å². The SMILES string of the molecule is COc1cc(CCC(=O)NNc2ccc(-n3ccnc3)nn2)ccc1OCC(F)(F)F. The maximum absolute atomic E-state index is 12.3. The molecule has 0 aliphatic carbocycles. The van der Waals surface area contributed by atoms with Gasteiger partial charge in [0.05, 0.1) is 7.11 Å². The number of nitrogens with zero attached hydrogens (tertiary/aromatic N) is 4. The summed E-state index contributed by atoms with van der Waals surface area (Å²) < 4.78 is 48.4. The van der Waals surface area contributed by atoms with Crippen LogP contribution in [0.15, 0.2) is 49.1 Å². The number of carbonyl (C=O) groups is 1. The summed E-state index contributed by atoms with van der Waals surface area (Å²) >= 11 is 0. The number of ether oxygens (including phenoxy) is 2. The zero-order valence-corrected chi connectivity index (χ0v) is 16.4. The maximum Gasteiger partial charge on any atom is 0.422 e. The Kier molecular flexibility index (Phi) is 6.90.